The van der Waals surface area contributed by atoms with Crippen LogP contribution in [0.1, 0.15) is 29.8 Å². The molecule has 114 valence electrons. The average molecular weight is 311 g/mol. The number of hydrogen-bond donors (Lipinski definition) is 3. The van der Waals surface area contributed by atoms with E-state index >= 15 is 0 Å². The van der Waals surface area contributed by atoms with Gasteiger partial charge in [-0.3, -0.25) is 5.32 Å². The summed E-state index contributed by atoms with van der Waals surface area (Å²) in [6.45, 7) is 0.0356. The third kappa shape index (κ3) is 2.86. The molecule has 1 saturated heterocycles. The van der Waals surface area contributed by atoms with Gasteiger partial charge in [-0.05, 0) is 25.7 Å². The number of carboxylic acid groups (broad SMARTS) is 1. The SMILES string of the molecule is O=C(O)[C@H]1C[C@@H](O)CN1C(=O)Nc1nc2c(s1)CCCC2. The largest absolute Gasteiger partial charge is 0.480 e. The number of rotatable bonds is 2. The molecule has 1 aromatic rings. The first-order valence-electron chi connectivity index (χ1n) is 7.01. The van der Waals surface area contributed by atoms with Crippen LogP contribution < -0.4 is 5.32 Å². The zero-order chi connectivity index (χ0) is 15.0. The highest BCUT2D eigenvalue weighted by molar-refractivity contribution is 7.15. The van der Waals surface area contributed by atoms with E-state index in [1.54, 1.807) is 0 Å². The number of thiazole rings is 1. The predicted octanol–water partition coefficient (Wildman–Crippen LogP) is 1.07. The number of amides is 2. The third-order valence-electron chi connectivity index (χ3n) is 3.88. The highest BCUT2D eigenvalue weighted by Crippen LogP contribution is 2.30. The van der Waals surface area contributed by atoms with Crippen molar-refractivity contribution < 1.29 is 19.8 Å². The van der Waals surface area contributed by atoms with Gasteiger partial charge in [0.25, 0.3) is 0 Å². The zero-order valence-electron chi connectivity index (χ0n) is 11.4. The minimum atomic E-state index is -1.10. The summed E-state index contributed by atoms with van der Waals surface area (Å²) in [5.74, 6) is -1.10. The monoisotopic (exact) mass is 311 g/mol. The topological polar surface area (TPSA) is 103 Å². The molecule has 2 atom stereocenters. The van der Waals surface area contributed by atoms with E-state index in [2.05, 4.69) is 10.3 Å². The highest BCUT2D eigenvalue weighted by Gasteiger charge is 2.39. The number of aryl methyl sites for hydroxylation is 2. The van der Waals surface area contributed by atoms with E-state index < -0.39 is 24.1 Å². The first-order chi connectivity index (χ1) is 10.0. The van der Waals surface area contributed by atoms with Crippen molar-refractivity contribution in [2.45, 2.75) is 44.2 Å². The lowest BCUT2D eigenvalue weighted by Gasteiger charge is -2.20. The van der Waals surface area contributed by atoms with Gasteiger partial charge >= 0.3 is 12.0 Å². The Morgan fingerprint density at radius 3 is 2.81 bits per heavy atom. The van der Waals surface area contributed by atoms with Gasteiger partial charge in [0.2, 0.25) is 0 Å². The van der Waals surface area contributed by atoms with Crippen molar-refractivity contribution in [3.8, 4) is 0 Å². The Hall–Kier alpha value is -1.67. The number of nitrogens with one attached hydrogen (secondary N) is 1. The lowest BCUT2D eigenvalue weighted by Crippen LogP contribution is -2.43. The van der Waals surface area contributed by atoms with Crippen molar-refractivity contribution in [3.63, 3.8) is 0 Å². The number of aliphatic carboxylic acids is 1. The van der Waals surface area contributed by atoms with Crippen LogP contribution in [0.3, 0.4) is 0 Å². The molecule has 0 radical (unpaired) electrons. The molecule has 3 N–H and O–H groups in total. The van der Waals surface area contributed by atoms with Crippen LogP contribution in [-0.2, 0) is 17.6 Å². The number of carbonyl (C=O) groups excluding carboxylic acids is 1. The minimum absolute atomic E-state index is 0.0356. The molecule has 8 heteroatoms. The molecule has 1 aliphatic carbocycles. The standard InChI is InChI=1S/C13H17N3O4S/c17-7-5-9(11(18)19)16(6-7)13(20)15-12-14-8-3-1-2-4-10(8)21-12/h7,9,17H,1-6H2,(H,18,19)(H,14,15,20)/t7-,9-/m1/s1. The summed E-state index contributed by atoms with van der Waals surface area (Å²) in [6, 6.07) is -1.49. The van der Waals surface area contributed by atoms with Gasteiger partial charge in [-0.25, -0.2) is 14.6 Å². The van der Waals surface area contributed by atoms with Crippen LogP contribution in [0.4, 0.5) is 9.93 Å². The van der Waals surface area contributed by atoms with Gasteiger partial charge in [-0.1, -0.05) is 0 Å². The molecule has 2 amide bonds. The molecule has 1 aliphatic heterocycles. The number of carboxylic acids is 1. The zero-order valence-corrected chi connectivity index (χ0v) is 12.2. The Balaban J connectivity index is 1.71. The maximum atomic E-state index is 12.2. The van der Waals surface area contributed by atoms with E-state index in [1.807, 2.05) is 0 Å². The second-order valence-electron chi connectivity index (χ2n) is 5.42. The maximum Gasteiger partial charge on any atom is 0.326 e. The number of fused-ring (bicyclic) bond motifs is 1. The summed E-state index contributed by atoms with van der Waals surface area (Å²) in [5.41, 5.74) is 1.04. The molecule has 0 spiro atoms. The van der Waals surface area contributed by atoms with Crippen LogP contribution in [0.15, 0.2) is 0 Å². The van der Waals surface area contributed by atoms with Crippen LogP contribution in [-0.4, -0.2) is 50.8 Å². The number of aliphatic hydroxyl groups is 1. The molecule has 0 bridgehead atoms. The molecule has 1 aromatic heterocycles. The molecule has 0 saturated carbocycles. The van der Waals surface area contributed by atoms with Crippen LogP contribution in [0.2, 0.25) is 0 Å². The van der Waals surface area contributed by atoms with Crippen LogP contribution in [0, 0.1) is 0 Å². The Morgan fingerprint density at radius 1 is 1.33 bits per heavy atom. The van der Waals surface area contributed by atoms with E-state index in [-0.39, 0.29) is 13.0 Å². The molecule has 3 rings (SSSR count). The fraction of sp³-hybridized carbons (Fsp3) is 0.615. The second-order valence-corrected chi connectivity index (χ2v) is 6.51. The molecule has 0 aromatic carbocycles. The molecule has 7 nitrogen and oxygen atoms in total. The molecular weight excluding hydrogens is 294 g/mol. The summed E-state index contributed by atoms with van der Waals surface area (Å²) in [6.07, 6.45) is 3.45. The maximum absolute atomic E-state index is 12.2. The second kappa shape index (κ2) is 5.61. The predicted molar refractivity (Wildman–Crippen MR) is 76.5 cm³/mol. The Morgan fingerprint density at radius 2 is 2.10 bits per heavy atom. The third-order valence-corrected chi connectivity index (χ3v) is 4.96. The number of hydrogen-bond acceptors (Lipinski definition) is 5. The van der Waals surface area contributed by atoms with Gasteiger partial charge in [-0.2, -0.15) is 0 Å². The van der Waals surface area contributed by atoms with Crippen molar-refractivity contribution in [3.05, 3.63) is 10.6 Å². The Kier molecular flexibility index (Phi) is 3.81. The van der Waals surface area contributed by atoms with Gasteiger partial charge in [0, 0.05) is 17.8 Å². The molecule has 0 unspecified atom stereocenters. The number of urea groups is 1. The Labute approximate surface area is 125 Å². The summed E-state index contributed by atoms with van der Waals surface area (Å²) in [4.78, 5) is 30.1. The Bertz CT molecular complexity index is 550. The van der Waals surface area contributed by atoms with E-state index in [0.717, 1.165) is 36.3 Å². The van der Waals surface area contributed by atoms with Gasteiger partial charge in [-0.15, -0.1) is 11.3 Å². The van der Waals surface area contributed by atoms with Crippen molar-refractivity contribution in [1.29, 1.82) is 0 Å². The van der Waals surface area contributed by atoms with Crippen molar-refractivity contribution in [2.24, 2.45) is 0 Å². The van der Waals surface area contributed by atoms with Crippen LogP contribution in [0.5, 0.6) is 0 Å². The first-order valence-corrected chi connectivity index (χ1v) is 7.83. The number of β-amino-alcohol motifs (C(OH)–C–C–N with tert-alkyl or cyclic N) is 1. The number of nitrogens with zero attached hydrogens (tertiary/aromatic N) is 2. The lowest BCUT2D eigenvalue weighted by molar-refractivity contribution is -0.141. The number of carbonyl (C=O) groups is 2. The van der Waals surface area contributed by atoms with Crippen molar-refractivity contribution in [1.82, 2.24) is 9.88 Å². The minimum Gasteiger partial charge on any atom is -0.480 e. The van der Waals surface area contributed by atoms with Gasteiger partial charge in [0.1, 0.15) is 6.04 Å². The van der Waals surface area contributed by atoms with E-state index in [9.17, 15) is 14.7 Å². The molecule has 2 heterocycles. The average Bonchev–Trinajstić information content (AvgIpc) is 3.01. The van der Waals surface area contributed by atoms with Gasteiger partial charge in [0.05, 0.1) is 11.8 Å². The lowest BCUT2D eigenvalue weighted by atomic mass is 10.0. The fourth-order valence-electron chi connectivity index (χ4n) is 2.84. The van der Waals surface area contributed by atoms with Crippen LogP contribution in [0.25, 0.3) is 0 Å². The summed E-state index contributed by atoms with van der Waals surface area (Å²) >= 11 is 1.45. The van der Waals surface area contributed by atoms with Gasteiger partial charge in [0.15, 0.2) is 5.13 Å². The van der Waals surface area contributed by atoms with Gasteiger partial charge < -0.3 is 15.1 Å². The number of likely N-dealkylation sites (tertiary alicyclic amines) is 1. The van der Waals surface area contributed by atoms with E-state index in [1.165, 1.54) is 16.2 Å². The summed E-state index contributed by atoms with van der Waals surface area (Å²) in [7, 11) is 0. The number of aliphatic hydroxyl groups excluding tert-OH is 1. The normalized spacial score (nSPS) is 24.7. The molecule has 1 fully saturated rings. The summed E-state index contributed by atoms with van der Waals surface area (Å²) in [5, 5.41) is 21.8. The fourth-order valence-corrected chi connectivity index (χ4v) is 3.88. The smallest absolute Gasteiger partial charge is 0.326 e. The number of anilines is 1. The molecular formula is C13H17N3O4S. The molecule has 2 aliphatic rings. The quantitative estimate of drug-likeness (QED) is 0.758. The molecule has 21 heavy (non-hydrogen) atoms. The van der Waals surface area contributed by atoms with Crippen molar-refractivity contribution in [2.75, 3.05) is 11.9 Å². The number of aromatic nitrogens is 1. The van der Waals surface area contributed by atoms with E-state index in [4.69, 9.17) is 5.11 Å². The first kappa shape index (κ1) is 14.3. The van der Waals surface area contributed by atoms with Crippen molar-refractivity contribution >= 4 is 28.5 Å². The highest BCUT2D eigenvalue weighted by atomic mass is 32.1. The van der Waals surface area contributed by atoms with E-state index in [0.29, 0.717) is 5.13 Å². The summed E-state index contributed by atoms with van der Waals surface area (Å²) < 4.78 is 0. The van der Waals surface area contributed by atoms with Crippen LogP contribution >= 0.6 is 11.3 Å².